The number of aliphatic carboxylic acids is 1. The second-order valence-corrected chi connectivity index (χ2v) is 4.22. The Kier molecular flexibility index (Phi) is 5.22. The summed E-state index contributed by atoms with van der Waals surface area (Å²) in [5.41, 5.74) is 0. The Morgan fingerprint density at radius 3 is 2.63 bits per heavy atom. The highest BCUT2D eigenvalue weighted by Crippen LogP contribution is 2.06. The lowest BCUT2D eigenvalue weighted by Gasteiger charge is -2.24. The number of carbonyl (C=O) groups is 2. The maximum Gasteiger partial charge on any atom is 0.317 e. The van der Waals surface area contributed by atoms with E-state index < -0.39 is 17.9 Å². The molecule has 0 saturated heterocycles. The molecule has 2 unspecified atom stereocenters. The van der Waals surface area contributed by atoms with Gasteiger partial charge in [0.15, 0.2) is 5.82 Å². The van der Waals surface area contributed by atoms with Gasteiger partial charge in [-0.05, 0) is 13.8 Å². The summed E-state index contributed by atoms with van der Waals surface area (Å²) in [4.78, 5) is 24.2. The van der Waals surface area contributed by atoms with Crippen LogP contribution in [0.3, 0.4) is 0 Å². The Labute approximate surface area is 110 Å². The number of nitrogens with one attached hydrogen (secondary N) is 2. The Bertz CT molecular complexity index is 421. The predicted octanol–water partition coefficient (Wildman–Crippen LogP) is 0.0129. The first-order chi connectivity index (χ1) is 8.95. The van der Waals surface area contributed by atoms with Crippen LogP contribution in [-0.2, 0) is 4.79 Å². The van der Waals surface area contributed by atoms with Gasteiger partial charge in [0.05, 0.1) is 12.0 Å². The second-order valence-electron chi connectivity index (χ2n) is 4.22. The fourth-order valence-electron chi connectivity index (χ4n) is 1.46. The van der Waals surface area contributed by atoms with E-state index in [4.69, 9.17) is 5.11 Å². The zero-order valence-corrected chi connectivity index (χ0v) is 11.1. The average molecular weight is 270 g/mol. The van der Waals surface area contributed by atoms with Crippen LogP contribution in [0.4, 0.5) is 4.79 Å². The largest absolute Gasteiger partial charge is 0.481 e. The Morgan fingerprint density at radius 2 is 2.16 bits per heavy atom. The maximum absolute atomic E-state index is 12.0. The Hall–Kier alpha value is -2.19. The molecule has 3 N–H and O–H groups in total. The van der Waals surface area contributed by atoms with Gasteiger partial charge in [-0.15, -0.1) is 10.2 Å². The minimum atomic E-state index is -0.933. The van der Waals surface area contributed by atoms with Crippen LogP contribution in [0, 0.1) is 5.92 Å². The summed E-state index contributed by atoms with van der Waals surface area (Å²) in [6, 6.07) is -0.756. The molecule has 0 spiro atoms. The smallest absolute Gasteiger partial charge is 0.317 e. The first kappa shape index (κ1) is 14.9. The molecular weight excluding hydrogens is 252 g/mol. The average Bonchev–Trinajstić information content (AvgIpc) is 2.88. The minimum absolute atomic E-state index is 0.149. The SMILES string of the molecule is CCN(CC(C)C(=O)O)C(=O)NC(C)c1nn[nH]n1. The molecule has 0 aliphatic heterocycles. The van der Waals surface area contributed by atoms with Crippen molar-refractivity contribution in [1.82, 2.24) is 30.8 Å². The molecule has 2 atom stereocenters. The molecule has 1 aromatic heterocycles. The number of aromatic nitrogens is 4. The molecule has 9 heteroatoms. The normalized spacial score (nSPS) is 13.6. The number of nitrogens with zero attached hydrogens (tertiary/aromatic N) is 4. The summed E-state index contributed by atoms with van der Waals surface area (Å²) in [6.07, 6.45) is 0. The number of rotatable bonds is 6. The lowest BCUT2D eigenvalue weighted by Crippen LogP contribution is -2.44. The molecule has 1 rings (SSSR count). The van der Waals surface area contributed by atoms with Crippen molar-refractivity contribution in [3.05, 3.63) is 5.82 Å². The van der Waals surface area contributed by atoms with Gasteiger partial charge in [-0.3, -0.25) is 4.79 Å². The zero-order valence-electron chi connectivity index (χ0n) is 11.1. The molecule has 0 fully saturated rings. The van der Waals surface area contributed by atoms with Crippen LogP contribution < -0.4 is 5.32 Å². The summed E-state index contributed by atoms with van der Waals surface area (Å²) in [7, 11) is 0. The van der Waals surface area contributed by atoms with Gasteiger partial charge >= 0.3 is 12.0 Å². The van der Waals surface area contributed by atoms with Crippen molar-refractivity contribution >= 4 is 12.0 Å². The van der Waals surface area contributed by atoms with Gasteiger partial charge < -0.3 is 15.3 Å². The van der Waals surface area contributed by atoms with E-state index in [1.54, 1.807) is 20.8 Å². The van der Waals surface area contributed by atoms with Crippen LogP contribution in [-0.4, -0.2) is 55.7 Å². The molecule has 0 saturated carbocycles. The highest BCUT2D eigenvalue weighted by Gasteiger charge is 2.21. The topological polar surface area (TPSA) is 124 Å². The van der Waals surface area contributed by atoms with Gasteiger partial charge in [-0.1, -0.05) is 12.1 Å². The molecular formula is C10H18N6O3. The number of carboxylic acid groups (broad SMARTS) is 1. The Morgan fingerprint density at radius 1 is 1.47 bits per heavy atom. The quantitative estimate of drug-likeness (QED) is 0.669. The molecule has 0 bridgehead atoms. The van der Waals surface area contributed by atoms with Crippen molar-refractivity contribution in [1.29, 1.82) is 0 Å². The molecule has 1 heterocycles. The minimum Gasteiger partial charge on any atom is -0.481 e. The van der Waals surface area contributed by atoms with Crippen LogP contribution in [0.25, 0.3) is 0 Å². The standard InChI is InChI=1S/C10H18N6O3/c1-4-16(5-6(2)9(17)18)10(19)11-7(3)8-12-14-15-13-8/h6-7H,4-5H2,1-3H3,(H,11,19)(H,17,18)(H,12,13,14,15). The summed E-state index contributed by atoms with van der Waals surface area (Å²) in [5.74, 6) is -1.18. The number of tetrazole rings is 1. The maximum atomic E-state index is 12.0. The summed E-state index contributed by atoms with van der Waals surface area (Å²) >= 11 is 0. The van der Waals surface area contributed by atoms with Crippen molar-refractivity contribution in [2.24, 2.45) is 5.92 Å². The van der Waals surface area contributed by atoms with Crippen molar-refractivity contribution in [3.8, 4) is 0 Å². The highest BCUT2D eigenvalue weighted by atomic mass is 16.4. The molecule has 0 aromatic carbocycles. The zero-order chi connectivity index (χ0) is 14.4. The van der Waals surface area contributed by atoms with Gasteiger partial charge in [0.25, 0.3) is 0 Å². The summed E-state index contributed by atoms with van der Waals surface area (Å²) in [6.45, 7) is 5.63. The van der Waals surface area contributed by atoms with Gasteiger partial charge in [0.2, 0.25) is 0 Å². The first-order valence-electron chi connectivity index (χ1n) is 5.97. The first-order valence-corrected chi connectivity index (χ1v) is 5.97. The number of amides is 2. The van der Waals surface area contributed by atoms with Gasteiger partial charge in [-0.2, -0.15) is 5.21 Å². The van der Waals surface area contributed by atoms with E-state index >= 15 is 0 Å². The van der Waals surface area contributed by atoms with Gasteiger partial charge in [0, 0.05) is 13.1 Å². The molecule has 0 radical (unpaired) electrons. The lowest BCUT2D eigenvalue weighted by atomic mass is 10.2. The molecule has 9 nitrogen and oxygen atoms in total. The van der Waals surface area contributed by atoms with E-state index in [1.165, 1.54) is 4.90 Å². The summed E-state index contributed by atoms with van der Waals surface area (Å²) in [5, 5.41) is 24.8. The van der Waals surface area contributed by atoms with Crippen LogP contribution >= 0.6 is 0 Å². The van der Waals surface area contributed by atoms with Crippen molar-refractivity contribution in [2.45, 2.75) is 26.8 Å². The van der Waals surface area contributed by atoms with E-state index in [0.29, 0.717) is 12.4 Å². The molecule has 0 aliphatic carbocycles. The molecule has 19 heavy (non-hydrogen) atoms. The number of aromatic amines is 1. The second kappa shape index (κ2) is 6.66. The van der Waals surface area contributed by atoms with E-state index in [2.05, 4.69) is 25.9 Å². The number of hydrogen-bond acceptors (Lipinski definition) is 5. The highest BCUT2D eigenvalue weighted by molar-refractivity contribution is 5.76. The molecule has 2 amide bonds. The summed E-state index contributed by atoms with van der Waals surface area (Å²) < 4.78 is 0. The fraction of sp³-hybridized carbons (Fsp3) is 0.700. The number of H-pyrrole nitrogens is 1. The van der Waals surface area contributed by atoms with E-state index in [0.717, 1.165) is 0 Å². The van der Waals surface area contributed by atoms with Crippen molar-refractivity contribution < 1.29 is 14.7 Å². The molecule has 106 valence electrons. The lowest BCUT2D eigenvalue weighted by molar-refractivity contribution is -0.141. The number of urea groups is 1. The third kappa shape index (κ3) is 4.19. The van der Waals surface area contributed by atoms with Gasteiger partial charge in [0.1, 0.15) is 0 Å². The van der Waals surface area contributed by atoms with Crippen LogP contribution in [0.1, 0.15) is 32.6 Å². The van der Waals surface area contributed by atoms with Crippen LogP contribution in [0.15, 0.2) is 0 Å². The predicted molar refractivity (Wildman–Crippen MR) is 65.2 cm³/mol. The van der Waals surface area contributed by atoms with E-state index in [9.17, 15) is 9.59 Å². The Balaban J connectivity index is 2.56. The fourth-order valence-corrected chi connectivity index (χ4v) is 1.46. The molecule has 1 aromatic rings. The van der Waals surface area contributed by atoms with Crippen molar-refractivity contribution in [3.63, 3.8) is 0 Å². The number of carbonyl (C=O) groups excluding carboxylic acids is 1. The number of hydrogen-bond donors (Lipinski definition) is 3. The molecule has 0 aliphatic rings. The van der Waals surface area contributed by atoms with Crippen LogP contribution in [0.5, 0.6) is 0 Å². The monoisotopic (exact) mass is 270 g/mol. The van der Waals surface area contributed by atoms with Crippen LogP contribution in [0.2, 0.25) is 0 Å². The van der Waals surface area contributed by atoms with Gasteiger partial charge in [-0.25, -0.2) is 4.79 Å². The van der Waals surface area contributed by atoms with E-state index in [-0.39, 0.29) is 12.6 Å². The third-order valence-electron chi connectivity index (χ3n) is 2.67. The van der Waals surface area contributed by atoms with E-state index in [1.807, 2.05) is 0 Å². The van der Waals surface area contributed by atoms with Crippen molar-refractivity contribution in [2.75, 3.05) is 13.1 Å². The third-order valence-corrected chi connectivity index (χ3v) is 2.67. The number of carboxylic acids is 1.